The van der Waals surface area contributed by atoms with Gasteiger partial charge >= 0.3 is 0 Å². The van der Waals surface area contributed by atoms with Gasteiger partial charge in [-0.1, -0.05) is 18.2 Å². The fourth-order valence-corrected chi connectivity index (χ4v) is 4.75. The second kappa shape index (κ2) is 10.1. The molecule has 1 aromatic carbocycles. The molecule has 164 valence electrons. The Kier molecular flexibility index (Phi) is 7.52. The number of nitrogens with zero attached hydrogens (tertiary/aromatic N) is 3. The van der Waals surface area contributed by atoms with E-state index in [1.54, 1.807) is 25.4 Å². The molecule has 0 aliphatic carbocycles. The highest BCUT2D eigenvalue weighted by Gasteiger charge is 2.26. The average Bonchev–Trinajstić information content (AvgIpc) is 3.45. The molecule has 2 heterocycles. The molecule has 3 rings (SSSR count). The van der Waals surface area contributed by atoms with Crippen LogP contribution in [0, 0.1) is 0 Å². The number of hydrogen-bond donors (Lipinski definition) is 2. The van der Waals surface area contributed by atoms with Gasteiger partial charge in [0.1, 0.15) is 5.76 Å². The van der Waals surface area contributed by atoms with Gasteiger partial charge in [-0.05, 0) is 49.7 Å². The van der Waals surface area contributed by atoms with Gasteiger partial charge in [0.25, 0.3) is 0 Å². The minimum absolute atomic E-state index is 0.127. The zero-order valence-electron chi connectivity index (χ0n) is 17.8. The Bertz CT molecular complexity index is 935. The lowest BCUT2D eigenvalue weighted by Gasteiger charge is -2.26. The Labute approximate surface area is 179 Å². The van der Waals surface area contributed by atoms with Crippen LogP contribution in [0.4, 0.5) is 0 Å². The van der Waals surface area contributed by atoms with Crippen molar-refractivity contribution in [2.24, 2.45) is 4.99 Å². The number of guanidine groups is 1. The SMILES string of the molecule is CN=C(NCc1ccccc1S(=O)(=O)N(C)C)NCC(c1ccco1)N1CCCC1. The van der Waals surface area contributed by atoms with Crippen molar-refractivity contribution in [3.8, 4) is 0 Å². The van der Waals surface area contributed by atoms with Gasteiger partial charge < -0.3 is 15.1 Å². The van der Waals surface area contributed by atoms with Crippen molar-refractivity contribution in [1.82, 2.24) is 19.8 Å². The normalized spacial score (nSPS) is 16.7. The van der Waals surface area contributed by atoms with Crippen molar-refractivity contribution in [2.75, 3.05) is 40.8 Å². The van der Waals surface area contributed by atoms with Crippen molar-refractivity contribution in [3.05, 3.63) is 54.0 Å². The topological polar surface area (TPSA) is 90.2 Å². The van der Waals surface area contributed by atoms with Gasteiger partial charge in [0.2, 0.25) is 10.0 Å². The highest BCUT2D eigenvalue weighted by atomic mass is 32.2. The van der Waals surface area contributed by atoms with Crippen molar-refractivity contribution >= 4 is 16.0 Å². The molecule has 8 nitrogen and oxygen atoms in total. The minimum Gasteiger partial charge on any atom is -0.468 e. The number of furan rings is 1. The summed E-state index contributed by atoms with van der Waals surface area (Å²) in [5.74, 6) is 1.55. The van der Waals surface area contributed by atoms with E-state index in [9.17, 15) is 8.42 Å². The van der Waals surface area contributed by atoms with Gasteiger partial charge in [-0.3, -0.25) is 9.89 Å². The molecule has 1 saturated heterocycles. The maximum atomic E-state index is 12.6. The molecule has 2 aromatic rings. The molecular formula is C21H31N5O3S. The molecular weight excluding hydrogens is 402 g/mol. The van der Waals surface area contributed by atoms with E-state index in [0.29, 0.717) is 29.5 Å². The molecule has 0 radical (unpaired) electrons. The number of benzene rings is 1. The predicted octanol–water partition coefficient (Wildman–Crippen LogP) is 2.03. The fraction of sp³-hybridized carbons (Fsp3) is 0.476. The van der Waals surface area contributed by atoms with E-state index in [4.69, 9.17) is 4.42 Å². The third-order valence-corrected chi connectivity index (χ3v) is 7.23. The Morgan fingerprint density at radius 3 is 2.53 bits per heavy atom. The van der Waals surface area contributed by atoms with Crippen LogP contribution in [0.15, 0.2) is 57.0 Å². The lowest BCUT2D eigenvalue weighted by molar-refractivity contribution is 0.215. The third-order valence-electron chi connectivity index (χ3n) is 5.32. The van der Waals surface area contributed by atoms with Crippen LogP contribution >= 0.6 is 0 Å². The first kappa shape index (κ1) is 22.3. The van der Waals surface area contributed by atoms with Crippen LogP contribution in [-0.2, 0) is 16.6 Å². The van der Waals surface area contributed by atoms with Gasteiger partial charge in [0.15, 0.2) is 5.96 Å². The summed E-state index contributed by atoms with van der Waals surface area (Å²) in [5, 5.41) is 6.60. The van der Waals surface area contributed by atoms with Crippen molar-refractivity contribution < 1.29 is 12.8 Å². The van der Waals surface area contributed by atoms with E-state index in [2.05, 4.69) is 20.5 Å². The molecule has 0 bridgehead atoms. The molecule has 30 heavy (non-hydrogen) atoms. The first-order valence-corrected chi connectivity index (χ1v) is 11.6. The number of rotatable bonds is 8. The fourth-order valence-electron chi connectivity index (χ4n) is 3.63. The molecule has 1 aromatic heterocycles. The molecule has 2 N–H and O–H groups in total. The van der Waals surface area contributed by atoms with Crippen LogP contribution in [0.2, 0.25) is 0 Å². The molecule has 1 atom stereocenters. The summed E-state index contributed by atoms with van der Waals surface area (Å²) < 4.78 is 32.1. The number of sulfonamides is 1. The standard InChI is InChI=1S/C21H31N5O3S/c1-22-21(23-15-17-9-4-5-11-20(17)30(27,28)25(2)3)24-16-18(19-10-8-14-29-19)26-12-6-7-13-26/h4-5,8-11,14,18H,6-7,12-13,15-16H2,1-3H3,(H2,22,23,24). The Hall–Kier alpha value is -2.36. The van der Waals surface area contributed by atoms with E-state index < -0.39 is 10.0 Å². The van der Waals surface area contributed by atoms with E-state index in [1.807, 2.05) is 24.3 Å². The quantitative estimate of drug-likeness (QED) is 0.489. The van der Waals surface area contributed by atoms with Crippen molar-refractivity contribution in [1.29, 1.82) is 0 Å². The molecule has 1 aliphatic heterocycles. The second-order valence-electron chi connectivity index (χ2n) is 7.48. The highest BCUT2D eigenvalue weighted by molar-refractivity contribution is 7.89. The van der Waals surface area contributed by atoms with Gasteiger partial charge in [-0.2, -0.15) is 0 Å². The lowest BCUT2D eigenvalue weighted by Crippen LogP contribution is -2.42. The van der Waals surface area contributed by atoms with Gasteiger partial charge in [-0.15, -0.1) is 0 Å². The van der Waals surface area contributed by atoms with Gasteiger partial charge in [0.05, 0.1) is 17.2 Å². The first-order valence-electron chi connectivity index (χ1n) is 10.2. The molecule has 0 saturated carbocycles. The van der Waals surface area contributed by atoms with Crippen LogP contribution in [0.5, 0.6) is 0 Å². The van der Waals surface area contributed by atoms with Crippen LogP contribution in [-0.4, -0.2) is 64.4 Å². The van der Waals surface area contributed by atoms with Crippen LogP contribution in [0.3, 0.4) is 0 Å². The maximum absolute atomic E-state index is 12.6. The molecule has 0 spiro atoms. The monoisotopic (exact) mass is 433 g/mol. The summed E-state index contributed by atoms with van der Waals surface area (Å²) in [6, 6.07) is 11.0. The summed E-state index contributed by atoms with van der Waals surface area (Å²) in [6.07, 6.45) is 4.09. The largest absolute Gasteiger partial charge is 0.468 e. The molecule has 9 heteroatoms. The van der Waals surface area contributed by atoms with E-state index in [0.717, 1.165) is 18.8 Å². The van der Waals surface area contributed by atoms with Gasteiger partial charge in [0, 0.05) is 34.2 Å². The maximum Gasteiger partial charge on any atom is 0.242 e. The van der Waals surface area contributed by atoms with Crippen molar-refractivity contribution in [2.45, 2.75) is 30.3 Å². The minimum atomic E-state index is -3.51. The van der Waals surface area contributed by atoms with E-state index in [-0.39, 0.29) is 6.04 Å². The van der Waals surface area contributed by atoms with Crippen LogP contribution < -0.4 is 10.6 Å². The molecule has 1 unspecified atom stereocenters. The van der Waals surface area contributed by atoms with Crippen LogP contribution in [0.25, 0.3) is 0 Å². The zero-order chi connectivity index (χ0) is 21.6. The Morgan fingerprint density at radius 1 is 1.17 bits per heavy atom. The Morgan fingerprint density at radius 2 is 1.90 bits per heavy atom. The summed E-state index contributed by atoms with van der Waals surface area (Å²) in [4.78, 5) is 7.01. The van der Waals surface area contributed by atoms with Crippen molar-refractivity contribution in [3.63, 3.8) is 0 Å². The third kappa shape index (κ3) is 5.21. The first-order chi connectivity index (χ1) is 14.4. The summed E-state index contributed by atoms with van der Waals surface area (Å²) >= 11 is 0. The molecule has 0 amide bonds. The number of nitrogens with one attached hydrogen (secondary N) is 2. The second-order valence-corrected chi connectivity index (χ2v) is 9.60. The predicted molar refractivity (Wildman–Crippen MR) is 118 cm³/mol. The number of likely N-dealkylation sites (tertiary alicyclic amines) is 1. The highest BCUT2D eigenvalue weighted by Crippen LogP contribution is 2.25. The molecule has 1 aliphatic rings. The zero-order valence-corrected chi connectivity index (χ0v) is 18.7. The van der Waals surface area contributed by atoms with E-state index >= 15 is 0 Å². The number of hydrogen-bond acceptors (Lipinski definition) is 5. The Balaban J connectivity index is 1.66. The lowest BCUT2D eigenvalue weighted by atomic mass is 10.2. The summed E-state index contributed by atoms with van der Waals surface area (Å²) in [5.41, 5.74) is 0.691. The van der Waals surface area contributed by atoms with E-state index in [1.165, 1.54) is 31.2 Å². The number of aliphatic imine (C=N–C) groups is 1. The smallest absolute Gasteiger partial charge is 0.242 e. The average molecular weight is 434 g/mol. The summed E-state index contributed by atoms with van der Waals surface area (Å²) in [6.45, 7) is 3.09. The van der Waals surface area contributed by atoms with Crippen LogP contribution in [0.1, 0.15) is 30.2 Å². The molecule has 1 fully saturated rings. The summed E-state index contributed by atoms with van der Waals surface area (Å²) in [7, 11) is 1.26. The van der Waals surface area contributed by atoms with Gasteiger partial charge in [-0.25, -0.2) is 12.7 Å².